The van der Waals surface area contributed by atoms with Crippen LogP contribution in [0.5, 0.6) is 0 Å². The Morgan fingerprint density at radius 2 is 2.04 bits per heavy atom. The molecule has 1 amide bonds. The molecule has 0 unspecified atom stereocenters. The number of anilines is 1. The average molecular weight is 365 g/mol. The normalized spacial score (nSPS) is 17.5. The number of alkyl halides is 1. The molecule has 1 fully saturated rings. The van der Waals surface area contributed by atoms with Crippen LogP contribution >= 0.6 is 11.6 Å². The van der Waals surface area contributed by atoms with Gasteiger partial charge in [0.1, 0.15) is 6.67 Å². The Balaban J connectivity index is 1.82. The number of rotatable bonds is 5. The minimum absolute atomic E-state index is 0.0137. The van der Waals surface area contributed by atoms with Crippen LogP contribution in [-0.2, 0) is 4.79 Å². The molecule has 7 heteroatoms. The van der Waals surface area contributed by atoms with Crippen LogP contribution in [0.3, 0.4) is 0 Å². The van der Waals surface area contributed by atoms with Crippen molar-refractivity contribution >= 4 is 34.4 Å². The molecule has 0 N–H and O–H groups in total. The maximum absolute atomic E-state index is 12.9. The van der Waals surface area contributed by atoms with Gasteiger partial charge in [0.2, 0.25) is 5.91 Å². The number of halogens is 2. The molecule has 1 atom stereocenters. The summed E-state index contributed by atoms with van der Waals surface area (Å²) in [7, 11) is 0. The molecular weight excluding hydrogens is 343 g/mol. The van der Waals surface area contributed by atoms with Crippen molar-refractivity contribution in [2.24, 2.45) is 5.92 Å². The third-order valence-corrected chi connectivity index (χ3v) is 4.77. The van der Waals surface area contributed by atoms with E-state index in [1.165, 1.54) is 0 Å². The molecule has 0 radical (unpaired) electrons. The van der Waals surface area contributed by atoms with Gasteiger partial charge < -0.3 is 9.80 Å². The zero-order valence-corrected chi connectivity index (χ0v) is 15.2. The van der Waals surface area contributed by atoms with E-state index in [1.807, 2.05) is 43.0 Å². The van der Waals surface area contributed by atoms with Crippen LogP contribution in [0.25, 0.3) is 11.0 Å². The number of nitrogens with zero attached hydrogens (tertiary/aromatic N) is 4. The summed E-state index contributed by atoms with van der Waals surface area (Å²) >= 11 is 6.33. The topological polar surface area (TPSA) is 49.3 Å². The molecule has 5 nitrogen and oxygen atoms in total. The van der Waals surface area contributed by atoms with Crippen LogP contribution in [0.15, 0.2) is 24.3 Å². The number of hydrogen-bond acceptors (Lipinski definition) is 4. The molecule has 1 saturated heterocycles. The van der Waals surface area contributed by atoms with E-state index in [0.29, 0.717) is 24.1 Å². The number of fused-ring (bicyclic) bond motifs is 1. The predicted octanol–water partition coefficient (Wildman–Crippen LogP) is 3.32. The van der Waals surface area contributed by atoms with Crippen molar-refractivity contribution in [1.29, 1.82) is 0 Å². The summed E-state index contributed by atoms with van der Waals surface area (Å²) in [4.78, 5) is 25.1. The summed E-state index contributed by atoms with van der Waals surface area (Å²) in [5, 5.41) is 0.353. The molecule has 25 heavy (non-hydrogen) atoms. The summed E-state index contributed by atoms with van der Waals surface area (Å²) in [6, 6.07) is 7.54. The van der Waals surface area contributed by atoms with E-state index in [4.69, 9.17) is 11.6 Å². The summed E-state index contributed by atoms with van der Waals surface area (Å²) in [6.45, 7) is 4.58. The molecule has 2 aromatic rings. The molecule has 1 aromatic heterocycles. The summed E-state index contributed by atoms with van der Waals surface area (Å²) in [5.41, 5.74) is 1.53. The first-order chi connectivity index (χ1) is 12.0. The van der Waals surface area contributed by atoms with Gasteiger partial charge in [-0.25, -0.2) is 14.4 Å². The van der Waals surface area contributed by atoms with E-state index in [9.17, 15) is 9.18 Å². The fraction of sp³-hybridized carbons (Fsp3) is 0.500. The van der Waals surface area contributed by atoms with Gasteiger partial charge in [-0.15, -0.1) is 0 Å². The number of para-hydroxylation sites is 2. The van der Waals surface area contributed by atoms with E-state index in [2.05, 4.69) is 9.97 Å². The Kier molecular flexibility index (Phi) is 5.37. The fourth-order valence-corrected chi connectivity index (χ4v) is 3.51. The summed E-state index contributed by atoms with van der Waals surface area (Å²) < 4.78 is 12.9. The molecule has 1 aliphatic heterocycles. The number of carbonyl (C=O) groups is 1. The molecule has 134 valence electrons. The Hall–Kier alpha value is -1.95. The zero-order valence-electron chi connectivity index (χ0n) is 14.5. The van der Waals surface area contributed by atoms with Crippen molar-refractivity contribution in [3.63, 3.8) is 0 Å². The Labute approximate surface area is 151 Å². The Bertz CT molecular complexity index is 770. The monoisotopic (exact) mass is 364 g/mol. The highest BCUT2D eigenvalue weighted by atomic mass is 35.5. The van der Waals surface area contributed by atoms with Crippen LogP contribution in [0.2, 0.25) is 5.15 Å². The quantitative estimate of drug-likeness (QED) is 0.816. The predicted molar refractivity (Wildman–Crippen MR) is 97.7 cm³/mol. The molecule has 1 aromatic carbocycles. The van der Waals surface area contributed by atoms with Gasteiger partial charge >= 0.3 is 0 Å². The van der Waals surface area contributed by atoms with Crippen LogP contribution < -0.4 is 4.90 Å². The van der Waals surface area contributed by atoms with E-state index in [1.54, 1.807) is 4.90 Å². The van der Waals surface area contributed by atoms with E-state index < -0.39 is 6.67 Å². The van der Waals surface area contributed by atoms with Crippen LogP contribution in [0.4, 0.5) is 10.2 Å². The lowest BCUT2D eigenvalue weighted by Crippen LogP contribution is -2.45. The van der Waals surface area contributed by atoms with E-state index in [-0.39, 0.29) is 24.4 Å². The van der Waals surface area contributed by atoms with Gasteiger partial charge in [0.05, 0.1) is 17.1 Å². The first-order valence-corrected chi connectivity index (χ1v) is 8.92. The van der Waals surface area contributed by atoms with Crippen molar-refractivity contribution in [2.45, 2.75) is 26.3 Å². The number of hydrogen-bond donors (Lipinski definition) is 0. The lowest BCUT2D eigenvalue weighted by Gasteiger charge is -2.30. The highest BCUT2D eigenvalue weighted by molar-refractivity contribution is 6.32. The second-order valence-electron chi connectivity index (χ2n) is 6.59. The molecular formula is C18H22ClFN4O. The molecule has 2 heterocycles. The summed E-state index contributed by atoms with van der Waals surface area (Å²) in [6.07, 6.45) is 0.767. The van der Waals surface area contributed by atoms with Crippen molar-refractivity contribution in [2.75, 3.05) is 31.2 Å². The van der Waals surface area contributed by atoms with E-state index >= 15 is 0 Å². The fourth-order valence-electron chi connectivity index (χ4n) is 3.25. The van der Waals surface area contributed by atoms with Crippen molar-refractivity contribution < 1.29 is 9.18 Å². The van der Waals surface area contributed by atoms with Crippen molar-refractivity contribution in [1.82, 2.24) is 14.9 Å². The van der Waals surface area contributed by atoms with Crippen LogP contribution in [0, 0.1) is 5.92 Å². The number of aromatic nitrogens is 2. The molecule has 0 spiro atoms. The van der Waals surface area contributed by atoms with Crippen molar-refractivity contribution in [3.8, 4) is 0 Å². The van der Waals surface area contributed by atoms with Crippen molar-refractivity contribution in [3.05, 3.63) is 29.4 Å². The second-order valence-corrected chi connectivity index (χ2v) is 6.95. The van der Waals surface area contributed by atoms with Gasteiger partial charge in [0.15, 0.2) is 11.0 Å². The van der Waals surface area contributed by atoms with Gasteiger partial charge in [0, 0.05) is 25.6 Å². The zero-order chi connectivity index (χ0) is 18.0. The minimum Gasteiger partial charge on any atom is -0.352 e. The molecule has 1 aliphatic rings. The van der Waals surface area contributed by atoms with Gasteiger partial charge in [-0.3, -0.25) is 4.79 Å². The number of benzene rings is 1. The molecule has 0 saturated carbocycles. The molecule has 0 bridgehead atoms. The summed E-state index contributed by atoms with van der Waals surface area (Å²) in [5.74, 6) is 0.463. The van der Waals surface area contributed by atoms with Gasteiger partial charge in [-0.05, 0) is 18.6 Å². The Morgan fingerprint density at radius 1 is 1.36 bits per heavy atom. The highest BCUT2D eigenvalue weighted by Gasteiger charge is 2.33. The molecule has 0 aliphatic carbocycles. The third kappa shape index (κ3) is 3.68. The van der Waals surface area contributed by atoms with Crippen LogP contribution in [0.1, 0.15) is 20.3 Å². The highest BCUT2D eigenvalue weighted by Crippen LogP contribution is 2.29. The largest absolute Gasteiger partial charge is 0.352 e. The smallest absolute Gasteiger partial charge is 0.225 e. The van der Waals surface area contributed by atoms with Gasteiger partial charge in [0.25, 0.3) is 0 Å². The SMILES string of the molecule is CC(C)C(=O)N(CCF)[C@H]1CCN(c2nc3ccccc3nc2Cl)C1. The lowest BCUT2D eigenvalue weighted by atomic mass is 10.1. The lowest BCUT2D eigenvalue weighted by molar-refractivity contribution is -0.136. The average Bonchev–Trinajstić information content (AvgIpc) is 3.07. The van der Waals surface area contributed by atoms with Gasteiger partial charge in [-0.2, -0.15) is 0 Å². The first kappa shape index (κ1) is 17.9. The van der Waals surface area contributed by atoms with Crippen LogP contribution in [-0.4, -0.2) is 53.1 Å². The van der Waals surface area contributed by atoms with E-state index in [0.717, 1.165) is 17.5 Å². The van der Waals surface area contributed by atoms with Gasteiger partial charge in [-0.1, -0.05) is 37.6 Å². The first-order valence-electron chi connectivity index (χ1n) is 8.55. The maximum atomic E-state index is 12.9. The standard InChI is InChI=1S/C18H22ClFN4O/c1-12(2)18(25)24(10-8-20)13-7-9-23(11-13)17-16(19)21-14-5-3-4-6-15(14)22-17/h3-6,12-13H,7-11H2,1-2H3/t13-/m0/s1. The third-order valence-electron chi connectivity index (χ3n) is 4.52. The molecule has 3 rings (SSSR count). The number of amides is 1. The minimum atomic E-state index is -0.536. The Morgan fingerprint density at radius 3 is 2.68 bits per heavy atom. The number of carbonyl (C=O) groups excluding carboxylic acids is 1. The second kappa shape index (κ2) is 7.52. The maximum Gasteiger partial charge on any atom is 0.225 e.